The van der Waals surface area contributed by atoms with E-state index in [0.717, 1.165) is 5.56 Å². The Hall–Kier alpha value is -2.04. The number of rotatable bonds is 5. The predicted octanol–water partition coefficient (Wildman–Crippen LogP) is 2.58. The van der Waals surface area contributed by atoms with E-state index in [2.05, 4.69) is 5.32 Å². The highest BCUT2D eigenvalue weighted by atomic mass is 16.4. The first-order chi connectivity index (χ1) is 8.91. The number of para-hydroxylation sites is 1. The number of carboxylic acid groups (broad SMARTS) is 1. The van der Waals surface area contributed by atoms with Gasteiger partial charge in [-0.05, 0) is 31.9 Å². The van der Waals surface area contributed by atoms with Gasteiger partial charge in [-0.2, -0.15) is 0 Å². The van der Waals surface area contributed by atoms with Gasteiger partial charge in [-0.15, -0.1) is 0 Å². The number of nitrogens with zero attached hydrogens (tertiary/aromatic N) is 1. The minimum absolute atomic E-state index is 0.0485. The number of hydrogen-bond donors (Lipinski definition) is 2. The lowest BCUT2D eigenvalue weighted by atomic mass is 10.1. The van der Waals surface area contributed by atoms with Crippen molar-refractivity contribution in [2.75, 3.05) is 12.4 Å². The van der Waals surface area contributed by atoms with Gasteiger partial charge in [0.15, 0.2) is 0 Å². The first-order valence-corrected chi connectivity index (χ1v) is 6.25. The molecule has 0 saturated heterocycles. The first kappa shape index (κ1) is 15.0. The second-order valence-electron chi connectivity index (χ2n) is 4.69. The number of amides is 2. The van der Waals surface area contributed by atoms with Gasteiger partial charge in [-0.1, -0.05) is 18.2 Å². The average Bonchev–Trinajstić information content (AvgIpc) is 2.36. The molecular weight excluding hydrogens is 244 g/mol. The zero-order valence-electron chi connectivity index (χ0n) is 11.5. The zero-order chi connectivity index (χ0) is 14.4. The molecule has 0 aliphatic heterocycles. The van der Waals surface area contributed by atoms with Gasteiger partial charge in [-0.3, -0.25) is 4.79 Å². The first-order valence-electron chi connectivity index (χ1n) is 6.25. The number of benzene rings is 1. The lowest BCUT2D eigenvalue weighted by molar-refractivity contribution is -0.136. The van der Waals surface area contributed by atoms with E-state index in [1.807, 2.05) is 32.0 Å². The second-order valence-corrected chi connectivity index (χ2v) is 4.69. The molecule has 0 radical (unpaired) electrons. The third-order valence-corrected chi connectivity index (χ3v) is 2.96. The summed E-state index contributed by atoms with van der Waals surface area (Å²) >= 11 is 0. The fourth-order valence-electron chi connectivity index (χ4n) is 1.54. The highest BCUT2D eigenvalue weighted by molar-refractivity contribution is 5.90. The molecule has 0 spiro atoms. The summed E-state index contributed by atoms with van der Waals surface area (Å²) in [7, 11) is 1.72. The van der Waals surface area contributed by atoms with E-state index in [1.54, 1.807) is 18.0 Å². The van der Waals surface area contributed by atoms with Crippen LogP contribution in [0, 0.1) is 0 Å². The molecule has 2 N–H and O–H groups in total. The van der Waals surface area contributed by atoms with Gasteiger partial charge < -0.3 is 15.3 Å². The molecule has 0 fully saturated rings. The topological polar surface area (TPSA) is 69.6 Å². The largest absolute Gasteiger partial charge is 0.481 e. The van der Waals surface area contributed by atoms with E-state index in [9.17, 15) is 9.59 Å². The number of hydrogen-bond acceptors (Lipinski definition) is 2. The minimum Gasteiger partial charge on any atom is -0.481 e. The fraction of sp³-hybridized carbons (Fsp3) is 0.429. The standard InChI is InChI=1S/C14H20N2O3/c1-10(2)16(3)14(19)15-12-7-5-4-6-11(12)8-9-13(17)18/h4-7,10H,8-9H2,1-3H3,(H,15,19)(H,17,18). The van der Waals surface area contributed by atoms with Crippen molar-refractivity contribution in [2.45, 2.75) is 32.7 Å². The molecule has 1 aromatic carbocycles. The van der Waals surface area contributed by atoms with Crippen molar-refractivity contribution < 1.29 is 14.7 Å². The van der Waals surface area contributed by atoms with Crippen molar-refractivity contribution in [3.05, 3.63) is 29.8 Å². The van der Waals surface area contributed by atoms with E-state index in [0.29, 0.717) is 12.1 Å². The number of carbonyl (C=O) groups is 2. The summed E-state index contributed by atoms with van der Waals surface area (Å²) in [6, 6.07) is 7.16. The molecule has 1 rings (SSSR count). The van der Waals surface area contributed by atoms with Crippen molar-refractivity contribution in [2.24, 2.45) is 0 Å². The molecule has 0 saturated carbocycles. The number of anilines is 1. The normalized spacial score (nSPS) is 10.3. The Morgan fingerprint density at radius 3 is 2.53 bits per heavy atom. The molecule has 0 aliphatic carbocycles. The van der Waals surface area contributed by atoms with Crippen molar-refractivity contribution >= 4 is 17.7 Å². The van der Waals surface area contributed by atoms with Crippen LogP contribution in [0.25, 0.3) is 0 Å². The van der Waals surface area contributed by atoms with E-state index in [4.69, 9.17) is 5.11 Å². The molecular formula is C14H20N2O3. The zero-order valence-corrected chi connectivity index (χ0v) is 11.5. The highest BCUT2D eigenvalue weighted by Crippen LogP contribution is 2.17. The molecule has 0 bridgehead atoms. The number of carbonyl (C=O) groups excluding carboxylic acids is 1. The Morgan fingerprint density at radius 2 is 1.95 bits per heavy atom. The quantitative estimate of drug-likeness (QED) is 0.858. The van der Waals surface area contributed by atoms with E-state index < -0.39 is 5.97 Å². The number of aliphatic carboxylic acids is 1. The van der Waals surface area contributed by atoms with E-state index in [1.165, 1.54) is 0 Å². The van der Waals surface area contributed by atoms with Crippen LogP contribution in [0.1, 0.15) is 25.8 Å². The van der Waals surface area contributed by atoms with Crippen LogP contribution in [-0.4, -0.2) is 35.1 Å². The van der Waals surface area contributed by atoms with Crippen molar-refractivity contribution in [1.29, 1.82) is 0 Å². The number of carboxylic acids is 1. The van der Waals surface area contributed by atoms with Gasteiger partial charge in [0.2, 0.25) is 0 Å². The Kier molecular flexibility index (Phi) is 5.36. The Morgan fingerprint density at radius 1 is 1.32 bits per heavy atom. The Balaban J connectivity index is 2.77. The molecule has 0 unspecified atom stereocenters. The smallest absolute Gasteiger partial charge is 0.321 e. The van der Waals surface area contributed by atoms with Gasteiger partial charge in [-0.25, -0.2) is 4.79 Å². The van der Waals surface area contributed by atoms with Crippen molar-refractivity contribution in [3.63, 3.8) is 0 Å². The van der Waals surface area contributed by atoms with Crippen molar-refractivity contribution in [1.82, 2.24) is 4.90 Å². The van der Waals surface area contributed by atoms with Crippen LogP contribution in [0.15, 0.2) is 24.3 Å². The highest BCUT2D eigenvalue weighted by Gasteiger charge is 2.13. The van der Waals surface area contributed by atoms with Crippen molar-refractivity contribution in [3.8, 4) is 0 Å². The van der Waals surface area contributed by atoms with Gasteiger partial charge in [0, 0.05) is 25.2 Å². The summed E-state index contributed by atoms with van der Waals surface area (Å²) in [5, 5.41) is 11.5. The Bertz CT molecular complexity index is 458. The summed E-state index contributed by atoms with van der Waals surface area (Å²) < 4.78 is 0. The van der Waals surface area contributed by atoms with Crippen LogP contribution in [0.3, 0.4) is 0 Å². The third-order valence-electron chi connectivity index (χ3n) is 2.96. The molecule has 5 nitrogen and oxygen atoms in total. The van der Waals surface area contributed by atoms with Gasteiger partial charge >= 0.3 is 12.0 Å². The number of nitrogens with one attached hydrogen (secondary N) is 1. The monoisotopic (exact) mass is 264 g/mol. The van der Waals surface area contributed by atoms with Crippen LogP contribution < -0.4 is 5.32 Å². The van der Waals surface area contributed by atoms with Gasteiger partial charge in [0.1, 0.15) is 0 Å². The Labute approximate surface area is 113 Å². The molecule has 0 aliphatic rings. The number of aryl methyl sites for hydroxylation is 1. The van der Waals surface area contributed by atoms with E-state index in [-0.39, 0.29) is 18.5 Å². The molecule has 0 heterocycles. The van der Waals surface area contributed by atoms with Crippen LogP contribution in [-0.2, 0) is 11.2 Å². The maximum absolute atomic E-state index is 11.9. The molecule has 1 aromatic rings. The predicted molar refractivity (Wildman–Crippen MR) is 74.3 cm³/mol. The fourth-order valence-corrected chi connectivity index (χ4v) is 1.54. The van der Waals surface area contributed by atoms with Crippen LogP contribution in [0.5, 0.6) is 0 Å². The SMILES string of the molecule is CC(C)N(C)C(=O)Nc1ccccc1CCC(=O)O. The number of urea groups is 1. The lowest BCUT2D eigenvalue weighted by Gasteiger charge is -2.22. The van der Waals surface area contributed by atoms with E-state index >= 15 is 0 Å². The minimum atomic E-state index is -0.847. The summed E-state index contributed by atoms with van der Waals surface area (Å²) in [6.45, 7) is 3.85. The molecule has 5 heteroatoms. The summed E-state index contributed by atoms with van der Waals surface area (Å²) in [5.74, 6) is -0.847. The maximum atomic E-state index is 11.9. The summed E-state index contributed by atoms with van der Waals surface area (Å²) in [5.41, 5.74) is 1.50. The summed E-state index contributed by atoms with van der Waals surface area (Å²) in [4.78, 5) is 24.1. The average molecular weight is 264 g/mol. The molecule has 19 heavy (non-hydrogen) atoms. The van der Waals surface area contributed by atoms with Crippen LogP contribution in [0.4, 0.5) is 10.5 Å². The lowest BCUT2D eigenvalue weighted by Crippen LogP contribution is -2.36. The molecule has 104 valence electrons. The van der Waals surface area contributed by atoms with Crippen LogP contribution in [0.2, 0.25) is 0 Å². The molecule has 2 amide bonds. The van der Waals surface area contributed by atoms with Crippen LogP contribution >= 0.6 is 0 Å². The third kappa shape index (κ3) is 4.62. The van der Waals surface area contributed by atoms with Gasteiger partial charge in [0.25, 0.3) is 0 Å². The maximum Gasteiger partial charge on any atom is 0.321 e. The molecule has 0 aromatic heterocycles. The summed E-state index contributed by atoms with van der Waals surface area (Å²) in [6.07, 6.45) is 0.448. The molecule has 0 atom stereocenters. The second kappa shape index (κ2) is 6.78. The van der Waals surface area contributed by atoms with Gasteiger partial charge in [0.05, 0.1) is 0 Å².